The Hall–Kier alpha value is -3.93. The zero-order valence-electron chi connectivity index (χ0n) is 20.9. The Morgan fingerprint density at radius 2 is 1.76 bits per heavy atom. The lowest BCUT2D eigenvalue weighted by Crippen LogP contribution is -2.23. The molecule has 0 aromatic heterocycles. The normalized spacial score (nSPS) is 21.8. The van der Waals surface area contributed by atoms with Gasteiger partial charge >= 0.3 is 11.9 Å². The van der Waals surface area contributed by atoms with Gasteiger partial charge in [-0.3, -0.25) is 9.59 Å². The third-order valence-electron chi connectivity index (χ3n) is 7.18. The van der Waals surface area contributed by atoms with Gasteiger partial charge in [-0.25, -0.2) is 4.79 Å². The van der Waals surface area contributed by atoms with Crippen LogP contribution in [0.15, 0.2) is 54.6 Å². The van der Waals surface area contributed by atoms with Crippen molar-refractivity contribution in [2.45, 2.75) is 63.9 Å². The van der Waals surface area contributed by atoms with Gasteiger partial charge in [0.2, 0.25) is 0 Å². The lowest BCUT2D eigenvalue weighted by atomic mass is 9.81. The number of phenols is 1. The molecule has 1 N–H and O–H groups in total. The van der Waals surface area contributed by atoms with Gasteiger partial charge in [0.15, 0.2) is 0 Å². The summed E-state index contributed by atoms with van der Waals surface area (Å²) in [4.78, 5) is 38.2. The first-order valence-corrected chi connectivity index (χ1v) is 12.9. The van der Waals surface area contributed by atoms with Crippen LogP contribution in [0.3, 0.4) is 0 Å². The number of carbonyl (C=O) groups excluding carboxylic acids is 3. The number of allylic oxidation sites excluding steroid dienone is 1. The highest BCUT2D eigenvalue weighted by molar-refractivity contribution is 5.99. The van der Waals surface area contributed by atoms with E-state index in [1.807, 2.05) is 48.5 Å². The number of cyclic esters (lactones) is 1. The number of fused-ring (bicyclic) bond motifs is 3. The fourth-order valence-corrected chi connectivity index (χ4v) is 5.34. The molecule has 2 atom stereocenters. The second kappa shape index (κ2) is 10.6. The Morgan fingerprint density at radius 3 is 2.62 bits per heavy atom. The van der Waals surface area contributed by atoms with Gasteiger partial charge in [0.1, 0.15) is 22.8 Å². The van der Waals surface area contributed by atoms with Crippen molar-refractivity contribution in [3.8, 4) is 11.5 Å². The highest BCUT2D eigenvalue weighted by Crippen LogP contribution is 2.48. The molecule has 0 amide bonds. The van der Waals surface area contributed by atoms with Crippen LogP contribution in [0.25, 0.3) is 16.8 Å². The molecule has 3 aromatic rings. The van der Waals surface area contributed by atoms with E-state index >= 15 is 0 Å². The summed E-state index contributed by atoms with van der Waals surface area (Å²) in [6.07, 6.45) is 6.76. The summed E-state index contributed by atoms with van der Waals surface area (Å²) >= 11 is 0. The largest absolute Gasteiger partial charge is 0.507 e. The molecular formula is C31H30O6. The smallest absolute Gasteiger partial charge is 0.342 e. The van der Waals surface area contributed by atoms with Crippen LogP contribution in [0.4, 0.5) is 0 Å². The zero-order valence-corrected chi connectivity index (χ0v) is 20.9. The van der Waals surface area contributed by atoms with Crippen molar-refractivity contribution in [1.29, 1.82) is 0 Å². The molecule has 2 heterocycles. The molecule has 0 unspecified atom stereocenters. The molecular weight excluding hydrogens is 468 g/mol. The van der Waals surface area contributed by atoms with E-state index in [1.54, 1.807) is 19.1 Å². The third-order valence-corrected chi connectivity index (χ3v) is 7.18. The summed E-state index contributed by atoms with van der Waals surface area (Å²) in [5, 5.41) is 13.6. The summed E-state index contributed by atoms with van der Waals surface area (Å²) in [5.74, 6) is -1.29. The monoisotopic (exact) mass is 498 g/mol. The van der Waals surface area contributed by atoms with Crippen LogP contribution in [-0.4, -0.2) is 28.9 Å². The van der Waals surface area contributed by atoms with Crippen molar-refractivity contribution < 1.29 is 29.0 Å². The molecule has 0 radical (unpaired) electrons. The minimum atomic E-state index is -0.635. The van der Waals surface area contributed by atoms with E-state index in [9.17, 15) is 19.5 Å². The minimum absolute atomic E-state index is 0.0443. The fraction of sp³-hybridized carbons (Fsp3) is 0.323. The maximum atomic E-state index is 13.4. The summed E-state index contributed by atoms with van der Waals surface area (Å²) in [6.45, 7) is 1.79. The van der Waals surface area contributed by atoms with Gasteiger partial charge in [0.25, 0.3) is 0 Å². The first-order valence-electron chi connectivity index (χ1n) is 12.9. The van der Waals surface area contributed by atoms with Crippen LogP contribution in [0.2, 0.25) is 0 Å². The lowest BCUT2D eigenvalue weighted by Gasteiger charge is -2.28. The zero-order chi connectivity index (χ0) is 25.9. The highest BCUT2D eigenvalue weighted by Gasteiger charge is 2.36. The van der Waals surface area contributed by atoms with Crippen molar-refractivity contribution in [2.75, 3.05) is 0 Å². The van der Waals surface area contributed by atoms with Gasteiger partial charge in [-0.15, -0.1) is 0 Å². The molecule has 37 heavy (non-hydrogen) atoms. The third kappa shape index (κ3) is 5.15. The predicted octanol–water partition coefficient (Wildman–Crippen LogP) is 6.47. The van der Waals surface area contributed by atoms with E-state index in [-0.39, 0.29) is 29.3 Å². The van der Waals surface area contributed by atoms with Gasteiger partial charge in [-0.2, -0.15) is 0 Å². The van der Waals surface area contributed by atoms with Crippen molar-refractivity contribution in [2.24, 2.45) is 0 Å². The molecule has 2 aliphatic heterocycles. The SMILES string of the molecule is C[C@H]1CCCC(=O)CCC/C=C/c2cc3c(c(O)c2C(=O)O1)[C@H](c1cccc2ccccc12)CC(=O)O3. The first kappa shape index (κ1) is 24.8. The topological polar surface area (TPSA) is 89.9 Å². The maximum Gasteiger partial charge on any atom is 0.342 e. The van der Waals surface area contributed by atoms with E-state index in [1.165, 1.54) is 0 Å². The van der Waals surface area contributed by atoms with E-state index in [0.29, 0.717) is 49.7 Å². The summed E-state index contributed by atoms with van der Waals surface area (Å²) in [6, 6.07) is 15.4. The number of hydrogen-bond acceptors (Lipinski definition) is 6. The van der Waals surface area contributed by atoms with E-state index < -0.39 is 24.0 Å². The second-order valence-electron chi connectivity index (χ2n) is 9.84. The van der Waals surface area contributed by atoms with Crippen LogP contribution in [0.5, 0.6) is 11.5 Å². The molecule has 0 bridgehead atoms. The Kier molecular flexibility index (Phi) is 7.08. The Morgan fingerprint density at radius 1 is 0.973 bits per heavy atom. The average Bonchev–Trinajstić information content (AvgIpc) is 2.87. The van der Waals surface area contributed by atoms with Crippen molar-refractivity contribution >= 4 is 34.6 Å². The van der Waals surface area contributed by atoms with Crippen LogP contribution in [0.1, 0.15) is 84.8 Å². The number of carbonyl (C=O) groups is 3. The average molecular weight is 499 g/mol. The number of phenolic OH excluding ortho intramolecular Hbond substituents is 1. The summed E-state index contributed by atoms with van der Waals surface area (Å²) in [7, 11) is 0. The number of rotatable bonds is 1. The molecule has 3 aromatic carbocycles. The van der Waals surface area contributed by atoms with Crippen molar-refractivity contribution in [1.82, 2.24) is 0 Å². The minimum Gasteiger partial charge on any atom is -0.507 e. The fourth-order valence-electron chi connectivity index (χ4n) is 5.34. The maximum absolute atomic E-state index is 13.4. The number of hydrogen-bond donors (Lipinski definition) is 1. The van der Waals surface area contributed by atoms with Gasteiger partial charge < -0.3 is 14.6 Å². The summed E-state index contributed by atoms with van der Waals surface area (Å²) < 4.78 is 11.3. The van der Waals surface area contributed by atoms with Crippen LogP contribution >= 0.6 is 0 Å². The van der Waals surface area contributed by atoms with Gasteiger partial charge in [0, 0.05) is 24.3 Å². The van der Waals surface area contributed by atoms with Gasteiger partial charge in [0.05, 0.1) is 12.5 Å². The molecule has 190 valence electrons. The Balaban J connectivity index is 1.64. The number of aromatic hydroxyl groups is 1. The summed E-state index contributed by atoms with van der Waals surface area (Å²) in [5.41, 5.74) is 1.79. The molecule has 2 aliphatic rings. The quantitative estimate of drug-likeness (QED) is 0.306. The van der Waals surface area contributed by atoms with Gasteiger partial charge in [-0.1, -0.05) is 54.6 Å². The second-order valence-corrected chi connectivity index (χ2v) is 9.84. The Bertz CT molecular complexity index is 1400. The van der Waals surface area contributed by atoms with Crippen molar-refractivity contribution in [3.05, 3.63) is 76.9 Å². The lowest BCUT2D eigenvalue weighted by molar-refractivity contribution is -0.135. The number of ketones is 1. The number of ether oxygens (including phenoxy) is 2. The Labute approximate surface area is 215 Å². The molecule has 0 fully saturated rings. The van der Waals surface area contributed by atoms with E-state index in [2.05, 4.69) is 0 Å². The molecule has 6 heteroatoms. The number of benzene rings is 3. The molecule has 0 aliphatic carbocycles. The standard InChI is InChI=1S/C31H30O6/c1-19-9-7-14-22(32)13-4-2-3-11-21-17-26-29(30(34)28(21)31(35)36-19)25(18-27(33)37-26)24-16-8-12-20-10-5-6-15-23(20)24/h3,5-6,8,10-12,15-17,19,25,34H,2,4,7,9,13-14,18H2,1H3/b11-3+/t19-,25-/m0/s1. The van der Waals surface area contributed by atoms with Crippen LogP contribution in [0, 0.1) is 0 Å². The van der Waals surface area contributed by atoms with Crippen molar-refractivity contribution in [3.63, 3.8) is 0 Å². The predicted molar refractivity (Wildman–Crippen MR) is 141 cm³/mol. The molecule has 0 saturated carbocycles. The molecule has 0 saturated heterocycles. The first-order chi connectivity index (χ1) is 17.9. The van der Waals surface area contributed by atoms with Crippen LogP contribution in [-0.2, 0) is 14.3 Å². The van der Waals surface area contributed by atoms with Gasteiger partial charge in [-0.05, 0) is 60.6 Å². The molecule has 5 rings (SSSR count). The number of Topliss-reactive ketones (excluding diaryl/α,β-unsaturated/α-hetero) is 1. The number of esters is 2. The molecule has 0 spiro atoms. The molecule has 6 nitrogen and oxygen atoms in total. The van der Waals surface area contributed by atoms with Crippen LogP contribution < -0.4 is 4.74 Å². The highest BCUT2D eigenvalue weighted by atomic mass is 16.5. The van der Waals surface area contributed by atoms with E-state index in [0.717, 1.165) is 16.3 Å². The van der Waals surface area contributed by atoms with E-state index in [4.69, 9.17) is 9.47 Å².